The Morgan fingerprint density at radius 1 is 0.804 bits per heavy atom. The van der Waals surface area contributed by atoms with E-state index in [9.17, 15) is 4.39 Å². The number of benzene rings is 4. The number of aromatic nitrogens is 2. The molecule has 1 radical (unpaired) electrons. The van der Waals surface area contributed by atoms with E-state index in [2.05, 4.69) is 83.0 Å². The van der Waals surface area contributed by atoms with E-state index in [0.29, 0.717) is 16.9 Å². The topological polar surface area (TPSA) is 38.9 Å². The van der Waals surface area contributed by atoms with Crippen molar-refractivity contribution in [1.82, 2.24) is 9.97 Å². The molecular formula is C40H35FGeIrN2O-2. The maximum atomic E-state index is 13.5. The molecule has 7 aromatic rings. The summed E-state index contributed by atoms with van der Waals surface area (Å²) in [6, 6.07) is 39.3. The number of hydrogen-bond donors (Lipinski definition) is 0. The molecule has 46 heavy (non-hydrogen) atoms. The summed E-state index contributed by atoms with van der Waals surface area (Å²) in [6.07, 6.45) is 3.79. The summed E-state index contributed by atoms with van der Waals surface area (Å²) >= 11 is -1.99. The normalized spacial score (nSPS) is 11.8. The van der Waals surface area contributed by atoms with Crippen LogP contribution in [0.15, 0.2) is 120 Å². The number of furan rings is 1. The summed E-state index contributed by atoms with van der Waals surface area (Å²) in [6.45, 7) is 3.67. The number of halogens is 1. The fraction of sp³-hybridized carbons (Fsp3) is 0.150. The minimum atomic E-state index is -1.99. The molecule has 0 saturated carbocycles. The van der Waals surface area contributed by atoms with Gasteiger partial charge in [-0.15, -0.1) is 18.2 Å². The molecule has 0 aliphatic heterocycles. The van der Waals surface area contributed by atoms with Gasteiger partial charge in [0.2, 0.25) is 0 Å². The predicted octanol–water partition coefficient (Wildman–Crippen LogP) is 10.5. The quantitative estimate of drug-likeness (QED) is 0.128. The summed E-state index contributed by atoms with van der Waals surface area (Å²) in [4.78, 5) is 9.13. The van der Waals surface area contributed by atoms with Crippen molar-refractivity contribution in [3.63, 3.8) is 0 Å². The number of hydrogen-bond acceptors (Lipinski definition) is 3. The van der Waals surface area contributed by atoms with E-state index in [0.717, 1.165) is 33.2 Å². The summed E-state index contributed by atoms with van der Waals surface area (Å²) in [7, 11) is 0. The zero-order valence-corrected chi connectivity index (χ0v) is 31.0. The molecule has 3 heterocycles. The second-order valence-electron chi connectivity index (χ2n) is 12.3. The molecule has 0 atom stereocenters. The molecular weight excluding hydrogens is 808 g/mol. The summed E-state index contributed by atoms with van der Waals surface area (Å²) < 4.78 is 29.0. The van der Waals surface area contributed by atoms with Crippen molar-refractivity contribution in [3.05, 3.63) is 139 Å². The monoisotopic (exact) mass is 846 g/mol. The largest absolute Gasteiger partial charge is 0 e. The average Bonchev–Trinajstić information content (AvgIpc) is 3.42. The van der Waals surface area contributed by atoms with Crippen LogP contribution >= 0.6 is 0 Å². The van der Waals surface area contributed by atoms with E-state index < -0.39 is 19.2 Å². The minimum absolute atomic E-state index is 0. The maximum absolute atomic E-state index is 13.5. The molecule has 3 nitrogen and oxygen atoms in total. The van der Waals surface area contributed by atoms with Crippen LogP contribution < -0.4 is 4.40 Å². The molecule has 0 fully saturated rings. The Labute approximate surface area is 288 Å². The molecule has 233 valence electrons. The van der Waals surface area contributed by atoms with Gasteiger partial charge in [-0.2, -0.15) is 0 Å². The minimum Gasteiger partial charge on any atom is 0 e. The standard InChI is InChI=1S/C20H15FNO.C20H20GeN.Ir/c1-12(2)13-8-9-22-18(10-13)17-5-3-4-16-15-7-6-14(21)11-19(15)23-20(16)17;1-21(2,3)19-15-22-20(17-12-8-5-9-13-17)14-18(19)16-10-6-4-7-11-16;/h3-4,6-12H,1-2H3;4-12,14-15H,1-3H3;/q2*-1;/i12D;;. The molecule has 0 bridgehead atoms. The van der Waals surface area contributed by atoms with Crippen LogP contribution in [0.5, 0.6) is 0 Å². The molecule has 3 aromatic heterocycles. The van der Waals surface area contributed by atoms with Gasteiger partial charge >= 0.3 is 135 Å². The molecule has 0 amide bonds. The Morgan fingerprint density at radius 2 is 1.59 bits per heavy atom. The second kappa shape index (κ2) is 14.3. The number of nitrogens with zero attached hydrogens (tertiary/aromatic N) is 2. The summed E-state index contributed by atoms with van der Waals surface area (Å²) in [5, 5.41) is 1.76. The third-order valence-electron chi connectivity index (χ3n) is 7.77. The first-order valence-electron chi connectivity index (χ1n) is 15.5. The molecule has 0 N–H and O–H groups in total. The van der Waals surface area contributed by atoms with Crippen molar-refractivity contribution < 1.29 is 30.3 Å². The summed E-state index contributed by atoms with van der Waals surface area (Å²) in [5.74, 6) is 6.19. The zero-order chi connectivity index (χ0) is 32.5. The molecule has 0 saturated heterocycles. The van der Waals surface area contributed by atoms with Gasteiger partial charge in [0.15, 0.2) is 0 Å². The molecule has 0 aliphatic carbocycles. The summed E-state index contributed by atoms with van der Waals surface area (Å²) in [5.41, 5.74) is 8.05. The molecule has 0 aliphatic rings. The van der Waals surface area contributed by atoms with Gasteiger partial charge in [0.25, 0.3) is 0 Å². The van der Waals surface area contributed by atoms with E-state index in [1.54, 1.807) is 12.3 Å². The third kappa shape index (κ3) is 7.23. The van der Waals surface area contributed by atoms with Crippen LogP contribution in [-0.4, -0.2) is 23.2 Å². The van der Waals surface area contributed by atoms with E-state index in [-0.39, 0.29) is 25.9 Å². The van der Waals surface area contributed by atoms with Crippen molar-refractivity contribution in [3.8, 4) is 33.6 Å². The van der Waals surface area contributed by atoms with Crippen molar-refractivity contribution in [1.29, 1.82) is 0 Å². The van der Waals surface area contributed by atoms with Crippen molar-refractivity contribution in [2.45, 2.75) is 37.0 Å². The molecule has 7 rings (SSSR count). The number of pyridine rings is 2. The molecule has 6 heteroatoms. The number of rotatable bonds is 5. The fourth-order valence-corrected chi connectivity index (χ4v) is 8.49. The Bertz CT molecular complexity index is 2140. The van der Waals surface area contributed by atoms with Gasteiger partial charge in [-0.3, -0.25) is 0 Å². The predicted molar refractivity (Wildman–Crippen MR) is 187 cm³/mol. The Balaban J connectivity index is 0.000000181. The van der Waals surface area contributed by atoms with Gasteiger partial charge in [-0.05, 0) is 29.8 Å². The van der Waals surface area contributed by atoms with Crippen LogP contribution in [-0.2, 0) is 20.1 Å². The maximum Gasteiger partial charge on any atom is 0 e. The van der Waals surface area contributed by atoms with Gasteiger partial charge < -0.3 is 9.40 Å². The van der Waals surface area contributed by atoms with Gasteiger partial charge in [0.1, 0.15) is 11.4 Å². The smallest absolute Gasteiger partial charge is 0 e. The second-order valence-corrected chi connectivity index (χ2v) is 22.8. The van der Waals surface area contributed by atoms with Crippen LogP contribution in [0, 0.1) is 17.9 Å². The zero-order valence-electron chi connectivity index (χ0n) is 27.5. The van der Waals surface area contributed by atoms with Crippen LogP contribution in [0.1, 0.15) is 26.7 Å². The Morgan fingerprint density at radius 3 is 2.30 bits per heavy atom. The molecule has 0 unspecified atom stereocenters. The fourth-order valence-electron chi connectivity index (χ4n) is 5.39. The van der Waals surface area contributed by atoms with E-state index in [1.165, 1.54) is 27.7 Å². The molecule has 4 aromatic carbocycles. The van der Waals surface area contributed by atoms with Gasteiger partial charge in [-0.1, -0.05) is 36.4 Å². The first-order chi connectivity index (χ1) is 22.0. The van der Waals surface area contributed by atoms with Crippen molar-refractivity contribution >= 4 is 39.6 Å². The third-order valence-corrected chi connectivity index (χ3v) is 12.0. The average molecular weight is 845 g/mol. The Hall–Kier alpha value is -3.90. The Kier molecular flexibility index (Phi) is 9.93. The van der Waals surface area contributed by atoms with Crippen LogP contribution in [0.25, 0.3) is 55.6 Å². The van der Waals surface area contributed by atoms with Crippen LogP contribution in [0.4, 0.5) is 4.39 Å². The van der Waals surface area contributed by atoms with E-state index in [1.807, 2.05) is 56.3 Å². The number of fused-ring (bicyclic) bond motifs is 3. The SMILES string of the molecule is [2H]C(C)(C)c1ccnc(-c2[c-]ccc3c2oc2cc(F)ccc23)c1.[CH3][Ge]([CH3])([CH3])[c]1cnc(-c2[c-]cccc2)cc1-c1ccccc1.[Ir]. The molecule has 0 spiro atoms. The van der Waals surface area contributed by atoms with Gasteiger partial charge in [-0.25, -0.2) is 4.39 Å². The van der Waals surface area contributed by atoms with Gasteiger partial charge in [0.05, 0.1) is 5.58 Å². The first-order valence-corrected chi connectivity index (χ1v) is 22.4. The van der Waals surface area contributed by atoms with E-state index >= 15 is 0 Å². The van der Waals surface area contributed by atoms with Gasteiger partial charge in [0, 0.05) is 39.1 Å². The van der Waals surface area contributed by atoms with Crippen LogP contribution in [0.2, 0.25) is 17.3 Å². The van der Waals surface area contributed by atoms with Crippen molar-refractivity contribution in [2.24, 2.45) is 0 Å². The first kappa shape index (κ1) is 32.1. The van der Waals surface area contributed by atoms with Crippen molar-refractivity contribution in [2.75, 3.05) is 0 Å². The van der Waals surface area contributed by atoms with E-state index in [4.69, 9.17) is 10.8 Å². The van der Waals surface area contributed by atoms with Crippen LogP contribution in [0.3, 0.4) is 0 Å².